The van der Waals surface area contributed by atoms with E-state index in [-0.39, 0.29) is 52.9 Å². The molecule has 3 atom stereocenters. The maximum absolute atomic E-state index is 15.2. The number of carbonyl (C=O) groups excluding carboxylic acids is 3. The van der Waals surface area contributed by atoms with Gasteiger partial charge < -0.3 is 24.3 Å². The second kappa shape index (κ2) is 21.5. The van der Waals surface area contributed by atoms with Gasteiger partial charge in [-0.15, -0.1) is 0 Å². The van der Waals surface area contributed by atoms with Crippen LogP contribution in [0.1, 0.15) is 83.3 Å². The number of carbonyl (C=O) groups is 3. The SMILES string of the molecule is COC(=O)[C@H](Cc1ccc(-c2ccc(C#N)cc2)cc1)NC(=O)C1Cc2cc3c(cc2CN1S(=O)(=O)c1sc(N(CC2CCCC2)C(C)=O)nc1C)O[C@@H](c1ccc(OCc2ccc(C)c(Cl)c2)cc1)CO3. The predicted octanol–water partition coefficient (Wildman–Crippen LogP) is 9.60. The van der Waals surface area contributed by atoms with Crippen molar-refractivity contribution in [2.45, 2.75) is 94.8 Å². The lowest BCUT2D eigenvalue weighted by Crippen LogP contribution is -2.56. The molecule has 1 N–H and O–H groups in total. The van der Waals surface area contributed by atoms with Crippen LogP contribution in [0, 0.1) is 31.1 Å². The van der Waals surface area contributed by atoms with Crippen LogP contribution in [-0.4, -0.2) is 67.8 Å². The van der Waals surface area contributed by atoms with Gasteiger partial charge in [0.1, 0.15) is 31.0 Å². The quantitative estimate of drug-likeness (QED) is 0.0969. The molecular formula is C55H54ClN5O9S2. The van der Waals surface area contributed by atoms with Crippen molar-refractivity contribution in [2.75, 3.05) is 25.2 Å². The average Bonchev–Trinajstić information content (AvgIpc) is 4.06. The number of ether oxygens (including phenoxy) is 4. The molecule has 3 heterocycles. The highest BCUT2D eigenvalue weighted by molar-refractivity contribution is 7.91. The number of nitriles is 1. The van der Waals surface area contributed by atoms with Gasteiger partial charge in [-0.25, -0.2) is 18.2 Å². The fourth-order valence-electron chi connectivity index (χ4n) is 9.47. The average molecular weight is 1030 g/mol. The molecule has 2 aliphatic heterocycles. The van der Waals surface area contributed by atoms with E-state index >= 15 is 8.42 Å². The highest BCUT2D eigenvalue weighted by atomic mass is 35.5. The number of nitrogens with zero attached hydrogens (tertiary/aromatic N) is 4. The lowest BCUT2D eigenvalue weighted by Gasteiger charge is -2.36. The number of aromatic nitrogens is 1. The van der Waals surface area contributed by atoms with Crippen LogP contribution in [0.3, 0.4) is 0 Å². The number of hydrogen-bond acceptors (Lipinski definition) is 12. The Morgan fingerprint density at radius 3 is 2.28 bits per heavy atom. The van der Waals surface area contributed by atoms with E-state index in [1.54, 1.807) is 36.1 Å². The summed E-state index contributed by atoms with van der Waals surface area (Å²) in [6.45, 7) is 5.75. The van der Waals surface area contributed by atoms with E-state index in [0.29, 0.717) is 52.1 Å². The van der Waals surface area contributed by atoms with Crippen molar-refractivity contribution in [1.29, 1.82) is 5.26 Å². The molecule has 0 saturated heterocycles. The summed E-state index contributed by atoms with van der Waals surface area (Å²) in [5.41, 5.74) is 7.32. The third-order valence-electron chi connectivity index (χ3n) is 13.6. The molecule has 9 rings (SSSR count). The van der Waals surface area contributed by atoms with E-state index in [2.05, 4.69) is 16.4 Å². The summed E-state index contributed by atoms with van der Waals surface area (Å²) >= 11 is 7.22. The Morgan fingerprint density at radius 1 is 0.931 bits per heavy atom. The number of fused-ring (bicyclic) bond motifs is 2. The number of anilines is 1. The molecule has 372 valence electrons. The van der Waals surface area contributed by atoms with E-state index < -0.39 is 40.1 Å². The fraction of sp³-hybridized carbons (Fsp3) is 0.327. The Hall–Kier alpha value is -6.77. The fourth-order valence-corrected chi connectivity index (χ4v) is 12.9. The summed E-state index contributed by atoms with van der Waals surface area (Å²) in [7, 11) is -3.26. The number of aryl methyl sites for hydroxylation is 2. The van der Waals surface area contributed by atoms with Gasteiger partial charge in [-0.2, -0.15) is 9.57 Å². The Bertz CT molecular complexity index is 3150. The Balaban J connectivity index is 0.982. The first-order valence-corrected chi connectivity index (χ1v) is 26.5. The second-order valence-corrected chi connectivity index (χ2v) is 22.0. The van der Waals surface area contributed by atoms with E-state index in [9.17, 15) is 19.6 Å². The van der Waals surface area contributed by atoms with E-state index in [1.807, 2.05) is 85.8 Å². The van der Waals surface area contributed by atoms with Crippen molar-refractivity contribution < 1.29 is 41.7 Å². The summed E-state index contributed by atoms with van der Waals surface area (Å²) in [4.78, 5) is 47.4. The van der Waals surface area contributed by atoms with Gasteiger partial charge in [-0.1, -0.05) is 96.4 Å². The lowest BCUT2D eigenvalue weighted by atomic mass is 9.93. The van der Waals surface area contributed by atoms with Crippen LogP contribution >= 0.6 is 22.9 Å². The minimum absolute atomic E-state index is 0.0552. The first-order chi connectivity index (χ1) is 34.7. The summed E-state index contributed by atoms with van der Waals surface area (Å²) in [5.74, 6) is 0.173. The molecule has 5 aromatic carbocycles. The molecule has 6 aromatic rings. The molecule has 14 nitrogen and oxygen atoms in total. The molecule has 2 amide bonds. The standard InChI is InChI=1S/C55H54ClN5O9S2/c1-33-9-10-39(23-46(33)56)31-68-45-21-19-42(20-22-45)51-32-69-49-26-43-25-48(52(63)59-47(53(64)67-4)24-36-11-15-40(16-12-36)41-17-13-37(28-57)14-18-41)61(30-44(43)27-50(49)70-51)72(65,66)54-34(2)58-55(71-54)60(35(3)62)29-38-7-5-6-8-38/h9-23,26-27,38,47-48,51H,5-8,24-25,29-32H2,1-4H3,(H,59,63)/t47-,48?,51+/m0/s1. The van der Waals surface area contributed by atoms with E-state index in [4.69, 9.17) is 30.5 Å². The van der Waals surface area contributed by atoms with E-state index in [0.717, 1.165) is 74.7 Å². The molecule has 72 heavy (non-hydrogen) atoms. The second-order valence-electron chi connectivity index (χ2n) is 18.5. The summed E-state index contributed by atoms with van der Waals surface area (Å²) in [5, 5.41) is 13.0. The number of halogens is 1. The molecule has 1 unspecified atom stereocenters. The topological polar surface area (TPSA) is 177 Å². The largest absolute Gasteiger partial charge is 0.489 e. The minimum atomic E-state index is -4.49. The molecule has 1 aromatic heterocycles. The van der Waals surface area contributed by atoms with Crippen molar-refractivity contribution in [3.05, 3.63) is 153 Å². The van der Waals surface area contributed by atoms with Crippen LogP contribution in [0.4, 0.5) is 5.13 Å². The third-order valence-corrected chi connectivity index (χ3v) is 17.6. The number of rotatable bonds is 15. The highest BCUT2D eigenvalue weighted by Gasteiger charge is 2.44. The van der Waals surface area contributed by atoms with E-state index in [1.165, 1.54) is 14.0 Å². The molecule has 1 fully saturated rings. The Morgan fingerprint density at radius 2 is 1.61 bits per heavy atom. The van der Waals surface area contributed by atoms with Crippen LogP contribution in [0.2, 0.25) is 5.02 Å². The van der Waals surface area contributed by atoms with Crippen molar-refractivity contribution in [2.24, 2.45) is 5.92 Å². The zero-order chi connectivity index (χ0) is 50.7. The van der Waals surface area contributed by atoms with Gasteiger partial charge >= 0.3 is 5.97 Å². The zero-order valence-corrected chi connectivity index (χ0v) is 42.7. The number of sulfonamides is 1. The maximum Gasteiger partial charge on any atom is 0.328 e. The molecule has 1 saturated carbocycles. The number of amides is 2. The number of esters is 1. The molecule has 17 heteroatoms. The molecule has 0 spiro atoms. The molecule has 1 aliphatic carbocycles. The number of benzene rings is 5. The monoisotopic (exact) mass is 1030 g/mol. The first kappa shape index (κ1) is 50.2. The van der Waals surface area contributed by atoms with Gasteiger partial charge in [0, 0.05) is 31.5 Å². The summed E-state index contributed by atoms with van der Waals surface area (Å²) in [6.07, 6.45) is 3.61. The minimum Gasteiger partial charge on any atom is -0.489 e. The van der Waals surface area contributed by atoms with Crippen molar-refractivity contribution in [3.8, 4) is 34.4 Å². The van der Waals surface area contributed by atoms with Gasteiger partial charge in [0.25, 0.3) is 10.0 Å². The normalized spacial score (nSPS) is 17.1. The van der Waals surface area contributed by atoms with Crippen molar-refractivity contribution >= 4 is 55.9 Å². The number of hydrogen-bond donors (Lipinski definition) is 1. The smallest absolute Gasteiger partial charge is 0.328 e. The number of nitrogens with one attached hydrogen (secondary N) is 1. The van der Waals surface area contributed by atoms with Gasteiger partial charge in [-0.05, 0) is 126 Å². The van der Waals surface area contributed by atoms with Crippen molar-refractivity contribution in [3.63, 3.8) is 0 Å². The van der Waals surface area contributed by atoms with Crippen LogP contribution in [0.5, 0.6) is 17.2 Å². The van der Waals surface area contributed by atoms with Gasteiger partial charge in [0.2, 0.25) is 11.8 Å². The van der Waals surface area contributed by atoms with Crippen molar-refractivity contribution in [1.82, 2.24) is 14.6 Å². The van der Waals surface area contributed by atoms with Gasteiger partial charge in [0.05, 0.1) is 24.4 Å². The zero-order valence-electron chi connectivity index (χ0n) is 40.4. The Kier molecular flexibility index (Phi) is 15.0. The van der Waals surface area contributed by atoms with Crippen LogP contribution in [0.15, 0.2) is 107 Å². The third kappa shape index (κ3) is 11.0. The first-order valence-electron chi connectivity index (χ1n) is 23.9. The lowest BCUT2D eigenvalue weighted by molar-refractivity contribution is -0.145. The number of thiazole rings is 1. The van der Waals surface area contributed by atoms with Crippen LogP contribution < -0.4 is 24.4 Å². The summed E-state index contributed by atoms with van der Waals surface area (Å²) in [6, 6.07) is 31.2. The Labute approximate surface area is 428 Å². The molecule has 0 radical (unpaired) electrons. The predicted molar refractivity (Wildman–Crippen MR) is 274 cm³/mol. The van der Waals surface area contributed by atoms with Gasteiger partial charge in [-0.3, -0.25) is 14.5 Å². The molecule has 0 bridgehead atoms. The highest BCUT2D eigenvalue weighted by Crippen LogP contribution is 2.43. The van der Waals surface area contributed by atoms with Crippen LogP contribution in [-0.2, 0) is 55.1 Å². The molecular weight excluding hydrogens is 974 g/mol. The van der Waals surface area contributed by atoms with Gasteiger partial charge in [0.15, 0.2) is 26.9 Å². The molecule has 3 aliphatic rings. The summed E-state index contributed by atoms with van der Waals surface area (Å²) < 4.78 is 55.4. The number of methoxy groups -OCH3 is 1. The van der Waals surface area contributed by atoms with Crippen LogP contribution in [0.25, 0.3) is 11.1 Å². The maximum atomic E-state index is 15.2.